The highest BCUT2D eigenvalue weighted by Crippen LogP contribution is 2.46. The molecule has 2 fully saturated rings. The van der Waals surface area contributed by atoms with E-state index < -0.39 is 5.82 Å². The number of rotatable bonds is 5. The van der Waals surface area contributed by atoms with E-state index in [2.05, 4.69) is 37.4 Å². The van der Waals surface area contributed by atoms with Crippen molar-refractivity contribution >= 4 is 44.8 Å². The van der Waals surface area contributed by atoms with Gasteiger partial charge in [0.05, 0.1) is 36.1 Å². The minimum atomic E-state index is -0.487. The maximum atomic E-state index is 15.1. The molecule has 0 radical (unpaired) electrons. The summed E-state index contributed by atoms with van der Waals surface area (Å²) in [5, 5.41) is 7.00. The highest BCUT2D eigenvalue weighted by atomic mass is 32.1. The van der Waals surface area contributed by atoms with Crippen LogP contribution in [-0.4, -0.2) is 70.3 Å². The largest absolute Gasteiger partial charge is 0.378 e. The summed E-state index contributed by atoms with van der Waals surface area (Å²) in [6.45, 7) is 3.94. The summed E-state index contributed by atoms with van der Waals surface area (Å²) in [6, 6.07) is 3.27. The molecule has 1 saturated heterocycles. The average Bonchev–Trinajstić information content (AvgIpc) is 3.41. The van der Waals surface area contributed by atoms with Gasteiger partial charge >= 0.3 is 0 Å². The summed E-state index contributed by atoms with van der Waals surface area (Å²) in [5.74, 6) is -0.0988. The Kier molecular flexibility index (Phi) is 5.02. The third-order valence-corrected chi connectivity index (χ3v) is 7.15. The standard InChI is InChI=1S/C22H24FN7O2S/c1-12(27-19-17-21(25-10-24-19)33-11-26-17)20-28-15-5-4-14(23)16(18(15)30(20)13-2-3-13)22(31)29-6-8-32-9-7-29/h4-5,10-13,20,28H,2-3,6-9H2,1H3,(H,24,25,27)/t12-,20?/m0/s1. The van der Waals surface area contributed by atoms with Gasteiger partial charge in [-0.05, 0) is 31.9 Å². The van der Waals surface area contributed by atoms with Gasteiger partial charge in [-0.2, -0.15) is 0 Å². The lowest BCUT2D eigenvalue weighted by atomic mass is 10.1. The predicted octanol–water partition coefficient (Wildman–Crippen LogP) is 2.92. The molecule has 1 aromatic carbocycles. The van der Waals surface area contributed by atoms with Crippen LogP contribution in [0.25, 0.3) is 10.3 Å². The third-order valence-electron chi connectivity index (χ3n) is 6.41. The number of ether oxygens (including phenoxy) is 1. The lowest BCUT2D eigenvalue weighted by molar-refractivity contribution is 0.0300. The lowest BCUT2D eigenvalue weighted by Crippen LogP contribution is -2.49. The first-order valence-electron chi connectivity index (χ1n) is 11.2. The predicted molar refractivity (Wildman–Crippen MR) is 124 cm³/mol. The molecule has 3 aliphatic rings. The first-order valence-corrected chi connectivity index (χ1v) is 12.0. The maximum Gasteiger partial charge on any atom is 0.259 e. The third kappa shape index (κ3) is 3.55. The van der Waals surface area contributed by atoms with Crippen molar-refractivity contribution in [3.8, 4) is 0 Å². The second-order valence-corrected chi connectivity index (χ2v) is 9.45. The Labute approximate surface area is 194 Å². The van der Waals surface area contributed by atoms with Gasteiger partial charge in [0.25, 0.3) is 5.91 Å². The molecule has 2 N–H and O–H groups in total. The van der Waals surface area contributed by atoms with E-state index in [4.69, 9.17) is 4.74 Å². The number of halogens is 1. The Bertz CT molecular complexity index is 1210. The van der Waals surface area contributed by atoms with Crippen LogP contribution in [0.3, 0.4) is 0 Å². The van der Waals surface area contributed by atoms with Crippen LogP contribution in [-0.2, 0) is 4.74 Å². The molecule has 2 aromatic heterocycles. The van der Waals surface area contributed by atoms with E-state index in [-0.39, 0.29) is 29.7 Å². The van der Waals surface area contributed by atoms with Gasteiger partial charge < -0.3 is 25.2 Å². The van der Waals surface area contributed by atoms with Crippen LogP contribution in [0.2, 0.25) is 0 Å². The van der Waals surface area contributed by atoms with Crippen molar-refractivity contribution in [2.45, 2.75) is 38.0 Å². The van der Waals surface area contributed by atoms with E-state index in [1.165, 1.54) is 23.7 Å². The van der Waals surface area contributed by atoms with Crippen molar-refractivity contribution in [1.82, 2.24) is 19.9 Å². The number of fused-ring (bicyclic) bond motifs is 2. The van der Waals surface area contributed by atoms with E-state index in [1.54, 1.807) is 16.5 Å². The van der Waals surface area contributed by atoms with Crippen LogP contribution in [0.15, 0.2) is 24.0 Å². The Morgan fingerprint density at radius 2 is 2.09 bits per heavy atom. The number of nitrogens with zero attached hydrogens (tertiary/aromatic N) is 5. The highest BCUT2D eigenvalue weighted by Gasteiger charge is 2.45. The van der Waals surface area contributed by atoms with Crippen LogP contribution >= 0.6 is 11.3 Å². The summed E-state index contributed by atoms with van der Waals surface area (Å²) < 4.78 is 20.5. The number of morpholine rings is 1. The van der Waals surface area contributed by atoms with Crippen molar-refractivity contribution in [2.75, 3.05) is 41.8 Å². The van der Waals surface area contributed by atoms with Gasteiger partial charge in [0.1, 0.15) is 34.2 Å². The SMILES string of the molecule is C[C@H](Nc1ncnc2scnc12)C1Nc2ccc(F)c(C(=O)N3CCOCC3)c2N1C1CC1. The number of amides is 1. The monoisotopic (exact) mass is 469 g/mol. The van der Waals surface area contributed by atoms with E-state index >= 15 is 4.39 Å². The first kappa shape index (κ1) is 20.5. The van der Waals surface area contributed by atoms with E-state index in [1.807, 2.05) is 0 Å². The molecule has 11 heteroatoms. The summed E-state index contributed by atoms with van der Waals surface area (Å²) >= 11 is 1.47. The van der Waals surface area contributed by atoms with Gasteiger partial charge in [-0.25, -0.2) is 19.3 Å². The topological polar surface area (TPSA) is 95.5 Å². The molecular formula is C22H24FN7O2S. The van der Waals surface area contributed by atoms with Gasteiger partial charge in [0.15, 0.2) is 5.82 Å². The molecule has 1 aliphatic carbocycles. The molecule has 1 unspecified atom stereocenters. The first-order chi connectivity index (χ1) is 16.1. The average molecular weight is 470 g/mol. The van der Waals surface area contributed by atoms with Crippen LogP contribution in [0.1, 0.15) is 30.1 Å². The summed E-state index contributed by atoms with van der Waals surface area (Å²) in [7, 11) is 0. The van der Waals surface area contributed by atoms with Crippen LogP contribution in [0, 0.1) is 5.82 Å². The molecule has 4 heterocycles. The number of hydrogen-bond donors (Lipinski definition) is 2. The van der Waals surface area contributed by atoms with Crippen LogP contribution in [0.5, 0.6) is 0 Å². The Morgan fingerprint density at radius 1 is 1.27 bits per heavy atom. The van der Waals surface area contributed by atoms with Crippen LogP contribution in [0.4, 0.5) is 21.6 Å². The molecule has 1 amide bonds. The number of thiazole rings is 1. The van der Waals surface area contributed by atoms with Crippen LogP contribution < -0.4 is 15.5 Å². The van der Waals surface area contributed by atoms with Crippen molar-refractivity contribution in [3.63, 3.8) is 0 Å². The van der Waals surface area contributed by atoms with Gasteiger partial charge in [-0.3, -0.25) is 4.79 Å². The molecule has 0 bridgehead atoms. The maximum absolute atomic E-state index is 15.1. The zero-order valence-corrected chi connectivity index (χ0v) is 18.9. The fourth-order valence-corrected chi connectivity index (χ4v) is 5.30. The number of anilines is 3. The molecule has 2 aliphatic heterocycles. The van der Waals surface area contributed by atoms with Gasteiger partial charge in [0.2, 0.25) is 0 Å². The molecule has 3 aromatic rings. The smallest absolute Gasteiger partial charge is 0.259 e. The van der Waals surface area contributed by atoms with E-state index in [0.29, 0.717) is 37.8 Å². The molecule has 0 spiro atoms. The molecule has 2 atom stereocenters. The van der Waals surface area contributed by atoms with Crippen molar-refractivity contribution in [1.29, 1.82) is 0 Å². The molecule has 172 valence electrons. The number of nitrogens with one attached hydrogen (secondary N) is 2. The Hall–Kier alpha value is -3.05. The van der Waals surface area contributed by atoms with E-state index in [9.17, 15) is 4.79 Å². The number of carbonyl (C=O) groups excluding carboxylic acids is 1. The number of benzene rings is 1. The van der Waals surface area contributed by atoms with Crippen molar-refractivity contribution in [3.05, 3.63) is 35.4 Å². The fraction of sp³-hybridized carbons (Fsp3) is 0.455. The fourth-order valence-electron chi connectivity index (χ4n) is 4.67. The Morgan fingerprint density at radius 3 is 2.88 bits per heavy atom. The van der Waals surface area contributed by atoms with Gasteiger partial charge in [-0.15, -0.1) is 11.3 Å². The van der Waals surface area contributed by atoms with E-state index in [0.717, 1.165) is 28.9 Å². The summed E-state index contributed by atoms with van der Waals surface area (Å²) in [5.41, 5.74) is 4.07. The van der Waals surface area contributed by atoms with Gasteiger partial charge in [-0.1, -0.05) is 0 Å². The second kappa shape index (κ2) is 8.07. The minimum absolute atomic E-state index is 0.104. The van der Waals surface area contributed by atoms with Crippen molar-refractivity contribution in [2.24, 2.45) is 0 Å². The quantitative estimate of drug-likeness (QED) is 0.589. The molecular weight excluding hydrogens is 445 g/mol. The number of carbonyl (C=O) groups is 1. The molecule has 33 heavy (non-hydrogen) atoms. The lowest BCUT2D eigenvalue weighted by Gasteiger charge is -2.33. The number of aromatic nitrogens is 3. The molecule has 1 saturated carbocycles. The van der Waals surface area contributed by atoms with Gasteiger partial charge in [0, 0.05) is 19.1 Å². The minimum Gasteiger partial charge on any atom is -0.378 e. The Balaban J connectivity index is 1.34. The summed E-state index contributed by atoms with van der Waals surface area (Å²) in [6.07, 6.45) is 3.37. The highest BCUT2D eigenvalue weighted by molar-refractivity contribution is 7.16. The zero-order chi connectivity index (χ0) is 22.5. The van der Waals surface area contributed by atoms with Crippen molar-refractivity contribution < 1.29 is 13.9 Å². The molecule has 9 nitrogen and oxygen atoms in total. The molecule has 6 rings (SSSR count). The second-order valence-electron chi connectivity index (χ2n) is 8.61. The summed E-state index contributed by atoms with van der Waals surface area (Å²) in [4.78, 5) is 31.1. The normalized spacial score (nSPS) is 21.1. The zero-order valence-electron chi connectivity index (χ0n) is 18.1. The number of hydrogen-bond acceptors (Lipinski definition) is 9.